The van der Waals surface area contributed by atoms with Crippen LogP contribution in [0.4, 0.5) is 0 Å². The fourth-order valence-corrected chi connectivity index (χ4v) is 7.11. The van der Waals surface area contributed by atoms with Gasteiger partial charge in [0.1, 0.15) is 0 Å². The van der Waals surface area contributed by atoms with Crippen LogP contribution in [-0.2, 0) is 0 Å². The second-order valence-electron chi connectivity index (χ2n) is 12.7. The van der Waals surface area contributed by atoms with Gasteiger partial charge in [-0.3, -0.25) is 11.7 Å². The van der Waals surface area contributed by atoms with Gasteiger partial charge in [0.05, 0.1) is 0 Å². The lowest BCUT2D eigenvalue weighted by molar-refractivity contribution is -0.0551. The summed E-state index contributed by atoms with van der Waals surface area (Å²) < 4.78 is 0. The molecule has 29 heavy (non-hydrogen) atoms. The van der Waals surface area contributed by atoms with Crippen molar-refractivity contribution in [2.75, 3.05) is 0 Å². The van der Waals surface area contributed by atoms with Crippen molar-refractivity contribution in [2.45, 2.75) is 141 Å². The molecule has 0 aromatic heterocycles. The van der Waals surface area contributed by atoms with Crippen molar-refractivity contribution in [2.24, 2.45) is 23.5 Å². The van der Waals surface area contributed by atoms with E-state index in [1.807, 2.05) is 0 Å². The van der Waals surface area contributed by atoms with Gasteiger partial charge >= 0.3 is 0 Å². The highest BCUT2D eigenvalue weighted by Gasteiger charge is 2.45. The topological polar surface area (TPSA) is 58.5 Å². The van der Waals surface area contributed by atoms with Gasteiger partial charge in [-0.1, -0.05) is 25.7 Å². The fraction of sp³-hybridized carbons (Fsp3) is 1.00. The van der Waals surface area contributed by atoms with Crippen molar-refractivity contribution in [3.05, 3.63) is 0 Å². The largest absolute Gasteiger partial charge is 0.268 e. The number of rotatable bonds is 7. The van der Waals surface area contributed by atoms with Gasteiger partial charge in [-0.2, -0.15) is 0 Å². The maximum atomic E-state index is 6.43. The summed E-state index contributed by atoms with van der Waals surface area (Å²) in [6, 6.07) is 0. The van der Waals surface area contributed by atoms with Crippen molar-refractivity contribution < 1.29 is 0 Å². The Balaban J connectivity index is 1.74. The molecule has 0 spiro atoms. The monoisotopic (exact) mass is 426 g/mol. The summed E-state index contributed by atoms with van der Waals surface area (Å²) in [4.78, 5) is 0. The van der Waals surface area contributed by atoms with E-state index in [0.29, 0.717) is 5.66 Å². The SMILES string of the molecule is CC1(C)CC(CCCCCC(P)C2CC(C)(C)N(N)C(C)(C)C2)CC(C)(C)N1N. The Morgan fingerprint density at radius 2 is 1.14 bits per heavy atom. The van der Waals surface area contributed by atoms with Crippen molar-refractivity contribution in [1.82, 2.24) is 10.0 Å². The normalized spacial score (nSPS) is 29.1. The lowest BCUT2D eigenvalue weighted by atomic mass is 9.72. The van der Waals surface area contributed by atoms with E-state index in [0.717, 1.165) is 11.8 Å². The van der Waals surface area contributed by atoms with Crippen LogP contribution in [0.3, 0.4) is 0 Å². The summed E-state index contributed by atoms with van der Waals surface area (Å²) in [5.74, 6) is 14.4. The third kappa shape index (κ3) is 6.16. The summed E-state index contributed by atoms with van der Waals surface area (Å²) in [5.41, 5.74) is 1.09. The van der Waals surface area contributed by atoms with E-state index in [9.17, 15) is 0 Å². The summed E-state index contributed by atoms with van der Waals surface area (Å²) >= 11 is 0. The van der Waals surface area contributed by atoms with E-state index in [4.69, 9.17) is 11.7 Å². The highest BCUT2D eigenvalue weighted by molar-refractivity contribution is 7.17. The fourth-order valence-electron chi connectivity index (χ4n) is 6.60. The van der Waals surface area contributed by atoms with Gasteiger partial charge in [0.15, 0.2) is 0 Å². The lowest BCUT2D eigenvalue weighted by Crippen LogP contribution is -2.64. The molecule has 172 valence electrons. The van der Waals surface area contributed by atoms with Gasteiger partial charge in [-0.15, -0.1) is 9.24 Å². The van der Waals surface area contributed by atoms with Gasteiger partial charge < -0.3 is 0 Å². The van der Waals surface area contributed by atoms with Crippen LogP contribution in [0.1, 0.15) is 113 Å². The highest BCUT2D eigenvalue weighted by Crippen LogP contribution is 2.43. The molecule has 2 aliphatic heterocycles. The quantitative estimate of drug-likeness (QED) is 0.322. The zero-order valence-corrected chi connectivity index (χ0v) is 21.9. The summed E-state index contributed by atoms with van der Waals surface area (Å²) in [5, 5.41) is 4.20. The summed E-state index contributed by atoms with van der Waals surface area (Å²) in [6.07, 6.45) is 11.6. The summed E-state index contributed by atoms with van der Waals surface area (Å²) in [6.45, 7) is 18.4. The van der Waals surface area contributed by atoms with Crippen molar-refractivity contribution in [3.63, 3.8) is 0 Å². The Morgan fingerprint density at radius 1 is 0.724 bits per heavy atom. The molecule has 0 aromatic carbocycles. The molecule has 2 rings (SSSR count). The molecule has 2 saturated heterocycles. The molecule has 2 heterocycles. The van der Waals surface area contributed by atoms with Crippen LogP contribution in [0.2, 0.25) is 0 Å². The molecule has 2 aliphatic rings. The van der Waals surface area contributed by atoms with E-state index in [1.54, 1.807) is 0 Å². The molecule has 0 bridgehead atoms. The number of hydrogen-bond acceptors (Lipinski definition) is 4. The highest BCUT2D eigenvalue weighted by atomic mass is 31.0. The first-order chi connectivity index (χ1) is 13.1. The number of hydrazine groups is 2. The van der Waals surface area contributed by atoms with E-state index in [1.165, 1.54) is 57.8 Å². The Bertz CT molecular complexity index is 507. The molecule has 5 heteroatoms. The average molecular weight is 427 g/mol. The standard InChI is InChI=1S/C24H51N4P/c1-21(2)14-18(15-22(3,4)27(21)25)12-10-9-11-13-20(29)19-16-23(5,6)28(26)24(7,8)17-19/h18-20H,9-17,25-26,29H2,1-8H3. The van der Waals surface area contributed by atoms with Crippen molar-refractivity contribution in [1.29, 1.82) is 0 Å². The second kappa shape index (κ2) is 9.02. The minimum atomic E-state index is 0.0820. The summed E-state index contributed by atoms with van der Waals surface area (Å²) in [7, 11) is 3.18. The first-order valence-electron chi connectivity index (χ1n) is 11.9. The number of unbranched alkanes of at least 4 members (excludes halogenated alkanes) is 2. The van der Waals surface area contributed by atoms with E-state index < -0.39 is 0 Å². The Hall–Kier alpha value is 0.270. The second-order valence-corrected chi connectivity index (χ2v) is 13.6. The number of nitrogens with two attached hydrogens (primary N) is 2. The molecule has 2 unspecified atom stereocenters. The van der Waals surface area contributed by atoms with E-state index in [2.05, 4.69) is 74.6 Å². The first-order valence-corrected chi connectivity index (χ1v) is 12.6. The molecular weight excluding hydrogens is 375 g/mol. The first kappa shape index (κ1) is 25.5. The maximum Gasteiger partial charge on any atom is 0.0304 e. The Morgan fingerprint density at radius 3 is 1.59 bits per heavy atom. The molecule has 0 saturated carbocycles. The van der Waals surface area contributed by atoms with Gasteiger partial charge in [0.25, 0.3) is 0 Å². The van der Waals surface area contributed by atoms with E-state index >= 15 is 0 Å². The number of nitrogens with zero attached hydrogens (tertiary/aromatic N) is 2. The van der Waals surface area contributed by atoms with E-state index in [-0.39, 0.29) is 22.2 Å². The van der Waals surface area contributed by atoms with Gasteiger partial charge in [-0.25, -0.2) is 10.0 Å². The molecule has 0 amide bonds. The zero-order valence-electron chi connectivity index (χ0n) is 20.7. The molecule has 2 atom stereocenters. The third-order valence-electron chi connectivity index (χ3n) is 7.96. The molecule has 0 aliphatic carbocycles. The minimum absolute atomic E-state index is 0.0820. The number of piperidine rings is 2. The minimum Gasteiger partial charge on any atom is -0.268 e. The van der Waals surface area contributed by atoms with Crippen LogP contribution >= 0.6 is 9.24 Å². The lowest BCUT2D eigenvalue weighted by Gasteiger charge is -2.54. The zero-order chi connectivity index (χ0) is 22.3. The van der Waals surface area contributed by atoms with Crippen LogP contribution < -0.4 is 11.7 Å². The Kier molecular flexibility index (Phi) is 7.94. The van der Waals surface area contributed by atoms with Gasteiger partial charge in [-0.05, 0) is 105 Å². The average Bonchev–Trinajstić information content (AvgIpc) is 2.56. The van der Waals surface area contributed by atoms with Crippen LogP contribution in [-0.4, -0.2) is 37.8 Å². The Labute approximate surface area is 184 Å². The van der Waals surface area contributed by atoms with Gasteiger partial charge in [0.2, 0.25) is 0 Å². The van der Waals surface area contributed by atoms with Gasteiger partial charge in [0, 0.05) is 22.2 Å². The molecule has 0 radical (unpaired) electrons. The van der Waals surface area contributed by atoms with Crippen molar-refractivity contribution >= 4 is 9.24 Å². The molecular formula is C24H51N4P. The van der Waals surface area contributed by atoms with Crippen LogP contribution in [0.25, 0.3) is 0 Å². The molecule has 4 nitrogen and oxygen atoms in total. The maximum absolute atomic E-state index is 6.43. The van der Waals surface area contributed by atoms with Crippen LogP contribution in [0, 0.1) is 11.8 Å². The molecule has 0 aromatic rings. The number of hydrogen-bond donors (Lipinski definition) is 2. The smallest absolute Gasteiger partial charge is 0.0304 e. The predicted molar refractivity (Wildman–Crippen MR) is 130 cm³/mol. The molecule has 4 N–H and O–H groups in total. The molecule has 2 fully saturated rings. The van der Waals surface area contributed by atoms with Crippen LogP contribution in [0.15, 0.2) is 0 Å². The van der Waals surface area contributed by atoms with Crippen molar-refractivity contribution in [3.8, 4) is 0 Å². The third-order valence-corrected chi connectivity index (χ3v) is 8.84. The predicted octanol–water partition coefficient (Wildman–Crippen LogP) is 5.47. The van der Waals surface area contributed by atoms with Crippen LogP contribution in [0.5, 0.6) is 0 Å².